The summed E-state index contributed by atoms with van der Waals surface area (Å²) in [6, 6.07) is 79.1. The first kappa shape index (κ1) is 34.9. The molecule has 13 rings (SSSR count). The van der Waals surface area contributed by atoms with Crippen LogP contribution in [0.25, 0.3) is 103 Å². The normalized spacial score (nSPS) is 11.9. The van der Waals surface area contributed by atoms with E-state index in [9.17, 15) is 0 Å². The third kappa shape index (κ3) is 5.30. The second kappa shape index (κ2) is 13.8. The summed E-state index contributed by atoms with van der Waals surface area (Å²) in [4.78, 5) is 2.39. The van der Waals surface area contributed by atoms with Crippen LogP contribution in [0.2, 0.25) is 0 Å². The Morgan fingerprint density at radius 2 is 0.968 bits per heavy atom. The van der Waals surface area contributed by atoms with Gasteiger partial charge < -0.3 is 13.9 Å². The lowest BCUT2D eigenvalue weighted by Crippen LogP contribution is -2.10. The standard InChI is InChI=1S/C58H36N2OS/c1-2-15-44-37(13-1)31-36-48-57-52(23-12-24-53(57)61-58(44)48)59(41-34-29-39(30-35-41)43-19-11-26-55-56(43)47-18-6-10-25-54(47)62-55)40-32-27-38(28-33-40)42-14-3-7-20-49(42)60-50-21-8-4-16-45(50)46-17-5-9-22-51(46)60/h1-36H. The molecule has 4 heteroatoms. The van der Waals surface area contributed by atoms with Gasteiger partial charge in [-0.05, 0) is 94.9 Å². The van der Waals surface area contributed by atoms with Crippen molar-refractivity contribution < 1.29 is 4.42 Å². The van der Waals surface area contributed by atoms with Crippen molar-refractivity contribution in [2.45, 2.75) is 0 Å². The molecule has 0 bridgehead atoms. The number of thiophene rings is 1. The van der Waals surface area contributed by atoms with Crippen molar-refractivity contribution >= 4 is 103 Å². The molecule has 10 aromatic carbocycles. The van der Waals surface area contributed by atoms with E-state index < -0.39 is 0 Å². The van der Waals surface area contributed by atoms with Gasteiger partial charge in [0, 0.05) is 58.7 Å². The number of rotatable bonds is 6. The summed E-state index contributed by atoms with van der Waals surface area (Å²) in [5.74, 6) is 0. The first-order valence-corrected chi connectivity index (χ1v) is 21.9. The monoisotopic (exact) mass is 808 g/mol. The van der Waals surface area contributed by atoms with Gasteiger partial charge >= 0.3 is 0 Å². The predicted octanol–water partition coefficient (Wildman–Crippen LogP) is 17.0. The van der Waals surface area contributed by atoms with Gasteiger partial charge in [-0.25, -0.2) is 0 Å². The molecule has 13 aromatic rings. The number of fused-ring (bicyclic) bond motifs is 11. The molecule has 0 saturated carbocycles. The smallest absolute Gasteiger partial charge is 0.143 e. The van der Waals surface area contributed by atoms with E-state index in [-0.39, 0.29) is 0 Å². The van der Waals surface area contributed by atoms with Crippen LogP contribution < -0.4 is 4.90 Å². The average Bonchev–Trinajstić information content (AvgIpc) is 4.03. The van der Waals surface area contributed by atoms with Gasteiger partial charge in [0.05, 0.1) is 27.8 Å². The fourth-order valence-corrected chi connectivity index (χ4v) is 11.0. The Hall–Kier alpha value is -7.92. The van der Waals surface area contributed by atoms with Crippen LogP contribution >= 0.6 is 11.3 Å². The molecule has 0 aliphatic carbocycles. The van der Waals surface area contributed by atoms with Gasteiger partial charge in [0.25, 0.3) is 0 Å². The zero-order chi connectivity index (χ0) is 40.7. The lowest BCUT2D eigenvalue weighted by molar-refractivity contribution is 0.672. The van der Waals surface area contributed by atoms with E-state index in [0.717, 1.165) is 55.6 Å². The van der Waals surface area contributed by atoms with Crippen LogP contribution in [0.15, 0.2) is 223 Å². The number of aromatic nitrogens is 1. The van der Waals surface area contributed by atoms with Gasteiger partial charge in [-0.1, -0.05) is 146 Å². The van der Waals surface area contributed by atoms with Gasteiger partial charge in [-0.2, -0.15) is 0 Å². The van der Waals surface area contributed by atoms with Crippen LogP contribution in [0.1, 0.15) is 0 Å². The summed E-state index contributed by atoms with van der Waals surface area (Å²) in [7, 11) is 0. The number of benzene rings is 10. The fraction of sp³-hybridized carbons (Fsp3) is 0. The van der Waals surface area contributed by atoms with E-state index in [4.69, 9.17) is 4.42 Å². The quantitative estimate of drug-likeness (QED) is 0.167. The molecule has 62 heavy (non-hydrogen) atoms. The fourth-order valence-electron chi connectivity index (χ4n) is 9.84. The molecule has 0 amide bonds. The van der Waals surface area contributed by atoms with Crippen LogP contribution in [0.5, 0.6) is 0 Å². The Labute approximate surface area is 361 Å². The zero-order valence-corrected chi connectivity index (χ0v) is 34.3. The van der Waals surface area contributed by atoms with Crippen molar-refractivity contribution in [3.8, 4) is 27.9 Å². The molecule has 0 aliphatic heterocycles. The molecule has 0 saturated heterocycles. The minimum absolute atomic E-state index is 0.864. The minimum Gasteiger partial charge on any atom is -0.455 e. The summed E-state index contributed by atoms with van der Waals surface area (Å²) in [5.41, 5.74) is 13.3. The van der Waals surface area contributed by atoms with Crippen LogP contribution in [0.4, 0.5) is 17.1 Å². The second-order valence-electron chi connectivity index (χ2n) is 16.0. The van der Waals surface area contributed by atoms with Crippen LogP contribution in [-0.4, -0.2) is 4.57 Å². The number of furan rings is 1. The van der Waals surface area contributed by atoms with Crippen molar-refractivity contribution in [3.05, 3.63) is 218 Å². The molecule has 290 valence electrons. The summed E-state index contributed by atoms with van der Waals surface area (Å²) in [5, 5.41) is 9.60. The Morgan fingerprint density at radius 1 is 0.387 bits per heavy atom. The number of nitrogens with zero attached hydrogens (tertiary/aromatic N) is 2. The molecule has 3 aromatic heterocycles. The Kier molecular flexibility index (Phi) is 7.78. The van der Waals surface area contributed by atoms with E-state index in [0.29, 0.717) is 0 Å². The van der Waals surface area contributed by atoms with E-state index in [1.165, 1.54) is 64.1 Å². The minimum atomic E-state index is 0.864. The number of hydrogen-bond acceptors (Lipinski definition) is 3. The highest BCUT2D eigenvalue weighted by Crippen LogP contribution is 2.46. The molecule has 0 aliphatic rings. The van der Waals surface area contributed by atoms with E-state index in [1.54, 1.807) is 0 Å². The molecule has 0 atom stereocenters. The third-order valence-electron chi connectivity index (χ3n) is 12.6. The maximum atomic E-state index is 6.73. The number of para-hydroxylation sites is 3. The summed E-state index contributed by atoms with van der Waals surface area (Å²) < 4.78 is 11.8. The Morgan fingerprint density at radius 3 is 1.73 bits per heavy atom. The van der Waals surface area contributed by atoms with Gasteiger partial charge in [0.2, 0.25) is 0 Å². The van der Waals surface area contributed by atoms with Crippen LogP contribution in [-0.2, 0) is 0 Å². The highest BCUT2D eigenvalue weighted by atomic mass is 32.1. The average molecular weight is 809 g/mol. The maximum Gasteiger partial charge on any atom is 0.143 e. The second-order valence-corrected chi connectivity index (χ2v) is 17.1. The third-order valence-corrected chi connectivity index (χ3v) is 13.7. The molecule has 0 fully saturated rings. The van der Waals surface area contributed by atoms with Crippen LogP contribution in [0, 0.1) is 0 Å². The molecule has 0 radical (unpaired) electrons. The van der Waals surface area contributed by atoms with Crippen molar-refractivity contribution in [3.63, 3.8) is 0 Å². The number of anilines is 3. The zero-order valence-electron chi connectivity index (χ0n) is 33.5. The molecule has 0 N–H and O–H groups in total. The summed E-state index contributed by atoms with van der Waals surface area (Å²) in [6.07, 6.45) is 0. The van der Waals surface area contributed by atoms with E-state index >= 15 is 0 Å². The Balaban J connectivity index is 0.982. The van der Waals surface area contributed by atoms with Crippen molar-refractivity contribution in [1.29, 1.82) is 0 Å². The molecule has 3 nitrogen and oxygen atoms in total. The van der Waals surface area contributed by atoms with Crippen molar-refractivity contribution in [1.82, 2.24) is 4.57 Å². The Bertz CT molecular complexity index is 3820. The largest absolute Gasteiger partial charge is 0.455 e. The predicted molar refractivity (Wildman–Crippen MR) is 264 cm³/mol. The molecule has 0 unspecified atom stereocenters. The first-order chi connectivity index (χ1) is 30.8. The maximum absolute atomic E-state index is 6.73. The number of hydrogen-bond donors (Lipinski definition) is 0. The van der Waals surface area contributed by atoms with Gasteiger partial charge in [-0.15, -0.1) is 11.3 Å². The van der Waals surface area contributed by atoms with E-state index in [1.807, 2.05) is 11.3 Å². The van der Waals surface area contributed by atoms with Gasteiger partial charge in [-0.3, -0.25) is 0 Å². The summed E-state index contributed by atoms with van der Waals surface area (Å²) >= 11 is 1.86. The molecule has 0 spiro atoms. The van der Waals surface area contributed by atoms with E-state index in [2.05, 4.69) is 228 Å². The van der Waals surface area contributed by atoms with Crippen molar-refractivity contribution in [2.75, 3.05) is 4.90 Å². The van der Waals surface area contributed by atoms with Crippen molar-refractivity contribution in [2.24, 2.45) is 0 Å². The van der Waals surface area contributed by atoms with Gasteiger partial charge in [0.1, 0.15) is 11.2 Å². The topological polar surface area (TPSA) is 21.3 Å². The first-order valence-electron chi connectivity index (χ1n) is 21.1. The molecule has 3 heterocycles. The molecular formula is C58H36N2OS. The lowest BCUT2D eigenvalue weighted by Gasteiger charge is -2.27. The van der Waals surface area contributed by atoms with Gasteiger partial charge in [0.15, 0.2) is 0 Å². The summed E-state index contributed by atoms with van der Waals surface area (Å²) in [6.45, 7) is 0. The SMILES string of the molecule is c1ccc(-n2c3ccccc3c3ccccc32)c(-c2ccc(N(c3ccc(-c4cccc5sc6ccccc6c45)cc3)c3cccc4oc5c6ccccc6ccc5c34)cc2)c1. The highest BCUT2D eigenvalue weighted by Gasteiger charge is 2.22. The van der Waals surface area contributed by atoms with Crippen LogP contribution in [0.3, 0.4) is 0 Å². The molecular weight excluding hydrogens is 773 g/mol. The highest BCUT2D eigenvalue weighted by molar-refractivity contribution is 7.25. The lowest BCUT2D eigenvalue weighted by atomic mass is 9.98.